The molecule has 0 aliphatic heterocycles. The summed E-state index contributed by atoms with van der Waals surface area (Å²) >= 11 is 1.46. The molecule has 2 aromatic heterocycles. The lowest BCUT2D eigenvalue weighted by Crippen LogP contribution is -2.11. The van der Waals surface area contributed by atoms with E-state index < -0.39 is 0 Å². The second-order valence-corrected chi connectivity index (χ2v) is 7.58. The molecule has 0 unspecified atom stereocenters. The number of anilines is 1. The molecule has 1 fully saturated rings. The number of nitrogens with zero attached hydrogens (tertiary/aromatic N) is 4. The molecule has 0 spiro atoms. The molecule has 0 saturated heterocycles. The summed E-state index contributed by atoms with van der Waals surface area (Å²) in [5.74, 6) is 1.45. The van der Waals surface area contributed by atoms with E-state index in [1.54, 1.807) is 31.2 Å². The van der Waals surface area contributed by atoms with Gasteiger partial charge in [-0.3, -0.25) is 10.1 Å². The molecule has 0 radical (unpaired) electrons. The average Bonchev–Trinajstić information content (AvgIpc) is 3.39. The Hall–Kier alpha value is -2.61. The lowest BCUT2D eigenvalue weighted by Gasteiger charge is -2.04. The van der Waals surface area contributed by atoms with Crippen molar-refractivity contribution in [2.24, 2.45) is 5.92 Å². The fourth-order valence-electron chi connectivity index (χ4n) is 3.19. The first-order valence-electron chi connectivity index (χ1n) is 8.71. The number of aryl methyl sites for hydroxylation is 1. The van der Waals surface area contributed by atoms with Crippen LogP contribution >= 0.6 is 11.3 Å². The van der Waals surface area contributed by atoms with Gasteiger partial charge in [0.25, 0.3) is 5.91 Å². The highest BCUT2D eigenvalue weighted by Gasteiger charge is 2.18. The van der Waals surface area contributed by atoms with Crippen LogP contribution in [0.3, 0.4) is 0 Å². The minimum atomic E-state index is -0.207. The SMILES string of the molecule is Cc1nnc(-c2ccc(C(=O)Nc3nnc(CC4CCCC4)s3)cc2)o1. The summed E-state index contributed by atoms with van der Waals surface area (Å²) < 4.78 is 5.38. The van der Waals surface area contributed by atoms with Gasteiger partial charge in [-0.2, -0.15) is 0 Å². The summed E-state index contributed by atoms with van der Waals surface area (Å²) in [5.41, 5.74) is 1.31. The summed E-state index contributed by atoms with van der Waals surface area (Å²) in [6.45, 7) is 1.74. The molecule has 1 saturated carbocycles. The summed E-state index contributed by atoms with van der Waals surface area (Å²) in [5, 5.41) is 20.4. The minimum absolute atomic E-state index is 0.207. The fraction of sp³-hybridized carbons (Fsp3) is 0.389. The van der Waals surface area contributed by atoms with Gasteiger partial charge < -0.3 is 4.42 Å². The van der Waals surface area contributed by atoms with E-state index in [2.05, 4.69) is 25.7 Å². The van der Waals surface area contributed by atoms with Crippen molar-refractivity contribution in [3.8, 4) is 11.5 Å². The van der Waals surface area contributed by atoms with E-state index in [1.165, 1.54) is 37.0 Å². The highest BCUT2D eigenvalue weighted by atomic mass is 32.1. The largest absolute Gasteiger partial charge is 0.421 e. The Morgan fingerprint density at radius 2 is 1.92 bits per heavy atom. The van der Waals surface area contributed by atoms with E-state index >= 15 is 0 Å². The number of hydrogen-bond acceptors (Lipinski definition) is 7. The van der Waals surface area contributed by atoms with Crippen LogP contribution in [-0.4, -0.2) is 26.3 Å². The number of aromatic nitrogens is 4. The Kier molecular flexibility index (Phi) is 4.75. The van der Waals surface area contributed by atoms with Crippen molar-refractivity contribution >= 4 is 22.4 Å². The molecule has 2 heterocycles. The molecular formula is C18H19N5O2S. The highest BCUT2D eigenvalue weighted by Crippen LogP contribution is 2.29. The Labute approximate surface area is 154 Å². The molecule has 7 nitrogen and oxygen atoms in total. The molecule has 8 heteroatoms. The van der Waals surface area contributed by atoms with E-state index in [4.69, 9.17) is 4.42 Å². The Morgan fingerprint density at radius 3 is 2.62 bits per heavy atom. The van der Waals surface area contributed by atoms with Gasteiger partial charge in [-0.05, 0) is 30.2 Å². The van der Waals surface area contributed by atoms with Gasteiger partial charge in [0.2, 0.25) is 16.9 Å². The van der Waals surface area contributed by atoms with Crippen LogP contribution < -0.4 is 5.32 Å². The molecule has 1 aromatic carbocycles. The molecule has 26 heavy (non-hydrogen) atoms. The minimum Gasteiger partial charge on any atom is -0.421 e. The lowest BCUT2D eigenvalue weighted by molar-refractivity contribution is 0.102. The van der Waals surface area contributed by atoms with Gasteiger partial charge in [0.1, 0.15) is 5.01 Å². The maximum absolute atomic E-state index is 12.4. The second-order valence-electron chi connectivity index (χ2n) is 6.51. The molecule has 1 amide bonds. The zero-order chi connectivity index (χ0) is 17.9. The van der Waals surface area contributed by atoms with E-state index in [-0.39, 0.29) is 5.91 Å². The number of hydrogen-bond donors (Lipinski definition) is 1. The Balaban J connectivity index is 1.39. The zero-order valence-corrected chi connectivity index (χ0v) is 15.3. The van der Waals surface area contributed by atoms with Crippen molar-refractivity contribution in [1.29, 1.82) is 0 Å². The third-order valence-corrected chi connectivity index (χ3v) is 5.41. The van der Waals surface area contributed by atoms with Gasteiger partial charge >= 0.3 is 0 Å². The number of nitrogens with one attached hydrogen (secondary N) is 1. The van der Waals surface area contributed by atoms with Crippen LogP contribution in [0.15, 0.2) is 28.7 Å². The van der Waals surface area contributed by atoms with E-state index in [0.29, 0.717) is 28.4 Å². The molecule has 3 aromatic rings. The Bertz CT molecular complexity index is 896. The number of benzene rings is 1. The van der Waals surface area contributed by atoms with Gasteiger partial charge in [0.05, 0.1) is 0 Å². The smallest absolute Gasteiger partial charge is 0.257 e. The van der Waals surface area contributed by atoms with Crippen molar-refractivity contribution in [2.75, 3.05) is 5.32 Å². The Morgan fingerprint density at radius 1 is 1.15 bits per heavy atom. The average molecular weight is 369 g/mol. The van der Waals surface area contributed by atoms with Crippen LogP contribution in [0.4, 0.5) is 5.13 Å². The van der Waals surface area contributed by atoms with Gasteiger partial charge in [-0.25, -0.2) is 0 Å². The second kappa shape index (κ2) is 7.33. The quantitative estimate of drug-likeness (QED) is 0.733. The standard InChI is InChI=1S/C18H19N5O2S/c1-11-20-22-17(25-11)14-8-6-13(7-9-14)16(24)19-18-23-21-15(26-18)10-12-4-2-3-5-12/h6-9,12H,2-5,10H2,1H3,(H,19,23,24). The fourth-order valence-corrected chi connectivity index (χ4v) is 4.04. The maximum atomic E-state index is 12.4. The molecule has 1 aliphatic rings. The number of amides is 1. The van der Waals surface area contributed by atoms with Crippen molar-refractivity contribution in [3.63, 3.8) is 0 Å². The maximum Gasteiger partial charge on any atom is 0.257 e. The number of carbonyl (C=O) groups excluding carboxylic acids is 1. The van der Waals surface area contributed by atoms with Crippen molar-refractivity contribution in [3.05, 3.63) is 40.7 Å². The summed E-state index contributed by atoms with van der Waals surface area (Å²) in [7, 11) is 0. The van der Waals surface area contributed by atoms with Crippen LogP contribution in [-0.2, 0) is 6.42 Å². The molecule has 4 rings (SSSR count). The lowest BCUT2D eigenvalue weighted by atomic mass is 10.1. The predicted molar refractivity (Wildman–Crippen MR) is 98.0 cm³/mol. The van der Waals surface area contributed by atoms with Crippen LogP contribution in [0.25, 0.3) is 11.5 Å². The van der Waals surface area contributed by atoms with Gasteiger partial charge in [0, 0.05) is 24.5 Å². The monoisotopic (exact) mass is 369 g/mol. The van der Waals surface area contributed by atoms with Gasteiger partial charge in [0.15, 0.2) is 0 Å². The third-order valence-electron chi connectivity index (χ3n) is 4.55. The molecule has 0 atom stereocenters. The summed E-state index contributed by atoms with van der Waals surface area (Å²) in [6.07, 6.45) is 6.13. The van der Waals surface area contributed by atoms with Crippen molar-refractivity contribution in [2.45, 2.75) is 39.0 Å². The first-order valence-corrected chi connectivity index (χ1v) is 9.53. The van der Waals surface area contributed by atoms with E-state index in [9.17, 15) is 4.79 Å². The van der Waals surface area contributed by atoms with E-state index in [1.807, 2.05) is 0 Å². The zero-order valence-electron chi connectivity index (χ0n) is 14.4. The topological polar surface area (TPSA) is 93.8 Å². The first kappa shape index (κ1) is 16.8. The molecule has 0 bridgehead atoms. The third kappa shape index (κ3) is 3.80. The predicted octanol–water partition coefficient (Wildman–Crippen LogP) is 3.88. The van der Waals surface area contributed by atoms with Crippen molar-refractivity contribution < 1.29 is 9.21 Å². The van der Waals surface area contributed by atoms with Crippen LogP contribution in [0.2, 0.25) is 0 Å². The molecule has 1 aliphatic carbocycles. The van der Waals surface area contributed by atoms with Crippen LogP contribution in [0.1, 0.15) is 46.9 Å². The number of carbonyl (C=O) groups is 1. The number of rotatable bonds is 5. The summed E-state index contributed by atoms with van der Waals surface area (Å²) in [6, 6.07) is 7.02. The van der Waals surface area contributed by atoms with Gasteiger partial charge in [-0.1, -0.05) is 37.0 Å². The molecule has 134 valence electrons. The molecule has 1 N–H and O–H groups in total. The summed E-state index contributed by atoms with van der Waals surface area (Å²) in [4.78, 5) is 12.4. The van der Waals surface area contributed by atoms with E-state index in [0.717, 1.165) is 17.0 Å². The molecular weight excluding hydrogens is 350 g/mol. The first-order chi connectivity index (χ1) is 12.7. The van der Waals surface area contributed by atoms with Crippen LogP contribution in [0, 0.1) is 12.8 Å². The van der Waals surface area contributed by atoms with Crippen molar-refractivity contribution in [1.82, 2.24) is 20.4 Å². The van der Waals surface area contributed by atoms with Crippen LogP contribution in [0.5, 0.6) is 0 Å². The highest BCUT2D eigenvalue weighted by molar-refractivity contribution is 7.15. The normalized spacial score (nSPS) is 14.7. The van der Waals surface area contributed by atoms with Gasteiger partial charge in [-0.15, -0.1) is 20.4 Å².